The molecule has 1 aliphatic heterocycles. The number of halogens is 1. The van der Waals surface area contributed by atoms with E-state index in [2.05, 4.69) is 0 Å². The molecule has 3 rings (SSSR count). The van der Waals surface area contributed by atoms with E-state index in [4.69, 9.17) is 0 Å². The number of carbonyl (C=O) groups excluding carboxylic acids is 2. The fraction of sp³-hybridized carbons (Fsp3) is 0.529. The van der Waals surface area contributed by atoms with Crippen LogP contribution in [0.3, 0.4) is 0 Å². The van der Waals surface area contributed by atoms with E-state index >= 15 is 0 Å². The molecule has 1 aromatic carbocycles. The molecule has 1 saturated carbocycles. The Bertz CT molecular complexity index is 596. The average Bonchev–Trinajstić information content (AvgIpc) is 3.00. The van der Waals surface area contributed by atoms with Gasteiger partial charge in [-0.3, -0.25) is 14.5 Å². The molecule has 1 saturated heterocycles. The SMILES string of the molecule is Cc1ccc(F)c(N2CCN(CC3CCCC3)C(=O)C2=O)c1. The second kappa shape index (κ2) is 6.07. The molecule has 22 heavy (non-hydrogen) atoms. The van der Waals surface area contributed by atoms with Crippen molar-refractivity contribution in [2.45, 2.75) is 32.6 Å². The molecule has 118 valence electrons. The van der Waals surface area contributed by atoms with E-state index in [1.807, 2.05) is 6.92 Å². The van der Waals surface area contributed by atoms with Crippen LogP contribution in [0, 0.1) is 18.7 Å². The third kappa shape index (κ3) is 2.85. The molecule has 0 spiro atoms. The summed E-state index contributed by atoms with van der Waals surface area (Å²) in [5.74, 6) is -1.07. The number of aryl methyl sites for hydroxylation is 1. The lowest BCUT2D eigenvalue weighted by atomic mass is 10.1. The molecule has 1 aliphatic carbocycles. The minimum absolute atomic E-state index is 0.207. The zero-order chi connectivity index (χ0) is 15.7. The first-order chi connectivity index (χ1) is 10.6. The van der Waals surface area contributed by atoms with Crippen molar-refractivity contribution in [3.63, 3.8) is 0 Å². The molecule has 4 nitrogen and oxygen atoms in total. The summed E-state index contributed by atoms with van der Waals surface area (Å²) in [4.78, 5) is 27.6. The van der Waals surface area contributed by atoms with Gasteiger partial charge >= 0.3 is 11.8 Å². The van der Waals surface area contributed by atoms with Gasteiger partial charge in [0.15, 0.2) is 0 Å². The second-order valence-electron chi connectivity index (χ2n) is 6.31. The first-order valence-electron chi connectivity index (χ1n) is 7.93. The summed E-state index contributed by atoms with van der Waals surface area (Å²) < 4.78 is 14.0. The number of rotatable bonds is 3. The maximum Gasteiger partial charge on any atom is 0.316 e. The maximum absolute atomic E-state index is 14.0. The van der Waals surface area contributed by atoms with Crippen molar-refractivity contribution in [3.05, 3.63) is 29.6 Å². The smallest absolute Gasteiger partial charge is 0.316 e. The summed E-state index contributed by atoms with van der Waals surface area (Å²) in [6.45, 7) is 3.34. The summed E-state index contributed by atoms with van der Waals surface area (Å²) in [6, 6.07) is 4.61. The number of carbonyl (C=O) groups is 2. The standard InChI is InChI=1S/C17H21FN2O2/c1-12-6-7-14(18)15(10-12)20-9-8-19(16(21)17(20)22)11-13-4-2-3-5-13/h6-7,10,13H,2-5,8-9,11H2,1H3. The van der Waals surface area contributed by atoms with Crippen LogP contribution in [0.2, 0.25) is 0 Å². The normalized spacial score (nSPS) is 20.1. The first-order valence-corrected chi connectivity index (χ1v) is 7.93. The van der Waals surface area contributed by atoms with Gasteiger partial charge in [0.2, 0.25) is 0 Å². The monoisotopic (exact) mass is 304 g/mol. The Morgan fingerprint density at radius 2 is 1.86 bits per heavy atom. The van der Waals surface area contributed by atoms with Crippen LogP contribution in [-0.2, 0) is 9.59 Å². The summed E-state index contributed by atoms with van der Waals surface area (Å²) in [5.41, 5.74) is 1.07. The van der Waals surface area contributed by atoms with Gasteiger partial charge in [0.1, 0.15) is 5.82 Å². The van der Waals surface area contributed by atoms with Crippen molar-refractivity contribution in [2.75, 3.05) is 24.5 Å². The number of anilines is 1. The van der Waals surface area contributed by atoms with E-state index < -0.39 is 17.6 Å². The largest absolute Gasteiger partial charge is 0.332 e. The van der Waals surface area contributed by atoms with Gasteiger partial charge in [0.25, 0.3) is 0 Å². The number of hydrogen-bond acceptors (Lipinski definition) is 2. The third-order valence-corrected chi connectivity index (χ3v) is 4.65. The minimum atomic E-state index is -0.617. The lowest BCUT2D eigenvalue weighted by molar-refractivity contribution is -0.146. The van der Waals surface area contributed by atoms with Crippen molar-refractivity contribution in [1.82, 2.24) is 4.90 Å². The van der Waals surface area contributed by atoms with Crippen molar-refractivity contribution < 1.29 is 14.0 Å². The van der Waals surface area contributed by atoms with E-state index in [9.17, 15) is 14.0 Å². The summed E-state index contributed by atoms with van der Waals surface area (Å²) in [7, 11) is 0. The zero-order valence-electron chi connectivity index (χ0n) is 12.8. The van der Waals surface area contributed by atoms with Gasteiger partial charge in [-0.1, -0.05) is 18.9 Å². The van der Waals surface area contributed by atoms with Gasteiger partial charge in [-0.2, -0.15) is 0 Å². The molecular weight excluding hydrogens is 283 g/mol. The van der Waals surface area contributed by atoms with Crippen LogP contribution in [0.5, 0.6) is 0 Å². The quantitative estimate of drug-likeness (QED) is 0.805. The molecule has 0 N–H and O–H groups in total. The first kappa shape index (κ1) is 15.0. The second-order valence-corrected chi connectivity index (χ2v) is 6.31. The van der Waals surface area contributed by atoms with Crippen LogP contribution >= 0.6 is 0 Å². The molecule has 2 fully saturated rings. The summed E-state index contributed by atoms with van der Waals surface area (Å²) >= 11 is 0. The minimum Gasteiger partial charge on any atom is -0.332 e. The summed E-state index contributed by atoms with van der Waals surface area (Å²) in [5, 5.41) is 0. The predicted octanol–water partition coefficient (Wildman–Crippen LogP) is 2.50. The van der Waals surface area contributed by atoms with Gasteiger partial charge in [0, 0.05) is 19.6 Å². The van der Waals surface area contributed by atoms with Crippen LogP contribution in [0.4, 0.5) is 10.1 Å². The molecule has 2 amide bonds. The van der Waals surface area contributed by atoms with Crippen molar-refractivity contribution >= 4 is 17.5 Å². The molecule has 0 atom stereocenters. The number of piperazine rings is 1. The molecule has 1 aromatic rings. The lowest BCUT2D eigenvalue weighted by Gasteiger charge is -2.35. The van der Waals surface area contributed by atoms with Crippen molar-refractivity contribution in [3.8, 4) is 0 Å². The van der Waals surface area contributed by atoms with E-state index in [-0.39, 0.29) is 5.69 Å². The number of benzene rings is 1. The average molecular weight is 304 g/mol. The molecule has 0 radical (unpaired) electrons. The molecule has 0 bridgehead atoms. The highest BCUT2D eigenvalue weighted by Crippen LogP contribution is 2.27. The molecule has 1 heterocycles. The van der Waals surface area contributed by atoms with Gasteiger partial charge in [-0.25, -0.2) is 4.39 Å². The molecule has 0 aromatic heterocycles. The Morgan fingerprint density at radius 3 is 2.59 bits per heavy atom. The van der Waals surface area contributed by atoms with E-state index in [1.54, 1.807) is 17.0 Å². The van der Waals surface area contributed by atoms with Gasteiger partial charge in [-0.15, -0.1) is 0 Å². The van der Waals surface area contributed by atoms with Crippen LogP contribution in [0.25, 0.3) is 0 Å². The lowest BCUT2D eigenvalue weighted by Crippen LogP contribution is -2.55. The highest BCUT2D eigenvalue weighted by Gasteiger charge is 2.35. The van der Waals surface area contributed by atoms with Crippen molar-refractivity contribution in [1.29, 1.82) is 0 Å². The van der Waals surface area contributed by atoms with Crippen LogP contribution in [0.1, 0.15) is 31.2 Å². The third-order valence-electron chi connectivity index (χ3n) is 4.65. The zero-order valence-corrected chi connectivity index (χ0v) is 12.8. The Balaban J connectivity index is 1.74. The highest BCUT2D eigenvalue weighted by atomic mass is 19.1. The van der Waals surface area contributed by atoms with Crippen LogP contribution in [0.15, 0.2) is 18.2 Å². The van der Waals surface area contributed by atoms with Gasteiger partial charge in [-0.05, 0) is 43.4 Å². The maximum atomic E-state index is 14.0. The van der Waals surface area contributed by atoms with Crippen molar-refractivity contribution in [2.24, 2.45) is 5.92 Å². The van der Waals surface area contributed by atoms with E-state index in [1.165, 1.54) is 23.8 Å². The van der Waals surface area contributed by atoms with Gasteiger partial charge in [0.05, 0.1) is 5.69 Å². The van der Waals surface area contributed by atoms with Crippen LogP contribution < -0.4 is 4.90 Å². The number of amides is 2. The topological polar surface area (TPSA) is 40.6 Å². The Hall–Kier alpha value is -1.91. The Kier molecular flexibility index (Phi) is 4.14. The van der Waals surface area contributed by atoms with Crippen LogP contribution in [-0.4, -0.2) is 36.3 Å². The van der Waals surface area contributed by atoms with E-state index in [0.29, 0.717) is 25.6 Å². The van der Waals surface area contributed by atoms with E-state index in [0.717, 1.165) is 18.4 Å². The molecular formula is C17H21FN2O2. The predicted molar refractivity (Wildman–Crippen MR) is 82.0 cm³/mol. The molecule has 0 unspecified atom stereocenters. The molecule has 5 heteroatoms. The van der Waals surface area contributed by atoms with Gasteiger partial charge < -0.3 is 4.90 Å². The Morgan fingerprint density at radius 1 is 1.14 bits per heavy atom. The fourth-order valence-corrected chi connectivity index (χ4v) is 3.41. The summed E-state index contributed by atoms with van der Waals surface area (Å²) in [6.07, 6.45) is 4.69. The Labute approximate surface area is 129 Å². The fourth-order valence-electron chi connectivity index (χ4n) is 3.41. The molecule has 2 aliphatic rings. The number of nitrogens with zero attached hydrogens (tertiary/aromatic N) is 2. The highest BCUT2D eigenvalue weighted by molar-refractivity contribution is 6.41. The number of hydrogen-bond donors (Lipinski definition) is 0.